The van der Waals surface area contributed by atoms with Gasteiger partial charge in [0.15, 0.2) is 0 Å². The van der Waals surface area contributed by atoms with Crippen molar-refractivity contribution in [3.05, 3.63) is 42.5 Å². The minimum Gasteiger partial charge on any atom is -0.388 e. The summed E-state index contributed by atoms with van der Waals surface area (Å²) in [5.41, 5.74) is 5.20. The summed E-state index contributed by atoms with van der Waals surface area (Å²) < 4.78 is 26.9. The highest BCUT2D eigenvalue weighted by Crippen LogP contribution is 2.22. The monoisotopic (exact) mass is 277 g/mol. The maximum Gasteiger partial charge on any atom is 0.241 e. The smallest absolute Gasteiger partial charge is 0.241 e. The van der Waals surface area contributed by atoms with Crippen LogP contribution in [0.2, 0.25) is 0 Å². The largest absolute Gasteiger partial charge is 0.388 e. The Labute approximate surface area is 112 Å². The molecule has 0 aromatic heterocycles. The fourth-order valence-electron chi connectivity index (χ4n) is 1.83. The quantitative estimate of drug-likeness (QED) is 0.570. The van der Waals surface area contributed by atoms with Gasteiger partial charge in [-0.1, -0.05) is 36.4 Å². The molecular formula is C13H15N3O2S. The second-order valence-electron chi connectivity index (χ2n) is 4.15. The third-order valence-electron chi connectivity index (χ3n) is 2.73. The van der Waals surface area contributed by atoms with E-state index in [1.165, 1.54) is 0 Å². The van der Waals surface area contributed by atoms with Crippen molar-refractivity contribution < 1.29 is 8.42 Å². The number of amidine groups is 1. The summed E-state index contributed by atoms with van der Waals surface area (Å²) in [4.78, 5) is 0.245. The third kappa shape index (κ3) is 3.10. The van der Waals surface area contributed by atoms with Crippen LogP contribution in [-0.4, -0.2) is 20.8 Å². The van der Waals surface area contributed by atoms with Crippen LogP contribution in [-0.2, 0) is 10.0 Å². The van der Waals surface area contributed by atoms with Gasteiger partial charge in [-0.05, 0) is 11.5 Å². The summed E-state index contributed by atoms with van der Waals surface area (Å²) in [6.07, 6.45) is 0.198. The zero-order valence-corrected chi connectivity index (χ0v) is 11.1. The van der Waals surface area contributed by atoms with Gasteiger partial charge in [-0.2, -0.15) is 0 Å². The molecule has 100 valence electrons. The molecule has 0 heterocycles. The van der Waals surface area contributed by atoms with Gasteiger partial charge in [-0.3, -0.25) is 5.41 Å². The second kappa shape index (κ2) is 5.38. The van der Waals surface area contributed by atoms with Crippen LogP contribution < -0.4 is 10.5 Å². The highest BCUT2D eigenvalue weighted by atomic mass is 32.2. The van der Waals surface area contributed by atoms with Crippen molar-refractivity contribution in [2.24, 2.45) is 5.73 Å². The second-order valence-corrected chi connectivity index (χ2v) is 5.89. The molecule has 6 heteroatoms. The van der Waals surface area contributed by atoms with Gasteiger partial charge in [0.25, 0.3) is 0 Å². The number of nitrogens with two attached hydrogens (primary N) is 1. The maximum absolute atomic E-state index is 12.2. The molecule has 2 aromatic rings. The summed E-state index contributed by atoms with van der Waals surface area (Å²) >= 11 is 0. The van der Waals surface area contributed by atoms with Crippen LogP contribution in [0.15, 0.2) is 47.4 Å². The standard InChI is InChI=1S/C13H15N3O2S/c14-13(15)8-9-16-19(17,18)12-7-3-5-10-4-1-2-6-11(10)12/h1-7,16H,8-9H2,(H3,14,15). The van der Waals surface area contributed by atoms with Crippen molar-refractivity contribution in [3.63, 3.8) is 0 Å². The Balaban J connectivity index is 2.35. The van der Waals surface area contributed by atoms with E-state index in [-0.39, 0.29) is 23.7 Å². The highest BCUT2D eigenvalue weighted by Gasteiger charge is 2.16. The van der Waals surface area contributed by atoms with Crippen LogP contribution in [0.3, 0.4) is 0 Å². The molecule has 0 spiro atoms. The van der Waals surface area contributed by atoms with E-state index >= 15 is 0 Å². The van der Waals surface area contributed by atoms with Gasteiger partial charge in [-0.25, -0.2) is 13.1 Å². The Bertz CT molecular complexity index is 705. The van der Waals surface area contributed by atoms with Gasteiger partial charge in [0, 0.05) is 18.4 Å². The number of benzene rings is 2. The molecule has 0 saturated heterocycles. The number of rotatable bonds is 5. The Morgan fingerprint density at radius 3 is 2.58 bits per heavy atom. The summed E-state index contributed by atoms with van der Waals surface area (Å²) in [5, 5.41) is 8.63. The molecule has 0 amide bonds. The van der Waals surface area contributed by atoms with Crippen LogP contribution in [0.1, 0.15) is 6.42 Å². The van der Waals surface area contributed by atoms with Crippen LogP contribution in [0, 0.1) is 5.41 Å². The Morgan fingerprint density at radius 2 is 1.84 bits per heavy atom. The van der Waals surface area contributed by atoms with Crippen LogP contribution in [0.5, 0.6) is 0 Å². The first-order valence-electron chi connectivity index (χ1n) is 5.81. The van der Waals surface area contributed by atoms with Gasteiger partial charge in [0.2, 0.25) is 10.0 Å². The molecule has 0 fully saturated rings. The zero-order valence-electron chi connectivity index (χ0n) is 10.3. The average molecular weight is 277 g/mol. The van der Waals surface area contributed by atoms with E-state index in [1.807, 2.05) is 18.2 Å². The molecule has 0 aliphatic heterocycles. The van der Waals surface area contributed by atoms with Gasteiger partial charge in [0.05, 0.1) is 10.7 Å². The fourth-order valence-corrected chi connectivity index (χ4v) is 3.09. The van der Waals surface area contributed by atoms with E-state index < -0.39 is 10.0 Å². The topological polar surface area (TPSA) is 96.0 Å². The molecule has 4 N–H and O–H groups in total. The summed E-state index contributed by atoms with van der Waals surface area (Å²) in [5.74, 6) is -0.0411. The van der Waals surface area contributed by atoms with Crippen molar-refractivity contribution >= 4 is 26.6 Å². The fraction of sp³-hybridized carbons (Fsp3) is 0.154. The number of hydrogen-bond acceptors (Lipinski definition) is 3. The molecule has 0 atom stereocenters. The molecular weight excluding hydrogens is 262 g/mol. The normalized spacial score (nSPS) is 11.6. The average Bonchev–Trinajstić information content (AvgIpc) is 2.37. The molecule has 19 heavy (non-hydrogen) atoms. The molecule has 0 aliphatic carbocycles. The summed E-state index contributed by atoms with van der Waals surface area (Å²) in [6.45, 7) is 0.126. The van der Waals surface area contributed by atoms with Gasteiger partial charge >= 0.3 is 0 Å². The van der Waals surface area contributed by atoms with Gasteiger partial charge < -0.3 is 5.73 Å². The van der Waals surface area contributed by atoms with E-state index in [0.29, 0.717) is 5.39 Å². The predicted octanol–water partition coefficient (Wildman–Crippen LogP) is 1.44. The number of sulfonamides is 1. The van der Waals surface area contributed by atoms with Gasteiger partial charge in [-0.15, -0.1) is 0 Å². The predicted molar refractivity (Wildman–Crippen MR) is 75.7 cm³/mol. The summed E-state index contributed by atoms with van der Waals surface area (Å²) in [7, 11) is -3.58. The van der Waals surface area contributed by atoms with E-state index in [2.05, 4.69) is 4.72 Å². The third-order valence-corrected chi connectivity index (χ3v) is 4.24. The van der Waals surface area contributed by atoms with Crippen LogP contribution in [0.4, 0.5) is 0 Å². The number of fused-ring (bicyclic) bond motifs is 1. The van der Waals surface area contributed by atoms with Crippen molar-refractivity contribution in [2.45, 2.75) is 11.3 Å². The Kier molecular flexibility index (Phi) is 3.82. The molecule has 2 aromatic carbocycles. The van der Waals surface area contributed by atoms with Crippen molar-refractivity contribution in [1.29, 1.82) is 5.41 Å². The number of nitrogens with one attached hydrogen (secondary N) is 2. The first-order valence-corrected chi connectivity index (χ1v) is 7.29. The minimum absolute atomic E-state index is 0.0411. The molecule has 0 saturated carbocycles. The van der Waals surface area contributed by atoms with E-state index in [4.69, 9.17) is 11.1 Å². The molecule has 0 aliphatic rings. The van der Waals surface area contributed by atoms with Crippen LogP contribution >= 0.6 is 0 Å². The zero-order chi connectivity index (χ0) is 13.9. The Morgan fingerprint density at radius 1 is 1.16 bits per heavy atom. The molecule has 0 unspecified atom stereocenters. The van der Waals surface area contributed by atoms with E-state index in [9.17, 15) is 8.42 Å². The lowest BCUT2D eigenvalue weighted by molar-refractivity contribution is 0.583. The van der Waals surface area contributed by atoms with Crippen molar-refractivity contribution in [2.75, 3.05) is 6.54 Å². The van der Waals surface area contributed by atoms with E-state index in [1.54, 1.807) is 24.3 Å². The Hall–Kier alpha value is -1.92. The lowest BCUT2D eigenvalue weighted by Crippen LogP contribution is -2.28. The van der Waals surface area contributed by atoms with Gasteiger partial charge in [0.1, 0.15) is 0 Å². The molecule has 0 radical (unpaired) electrons. The molecule has 5 nitrogen and oxygen atoms in total. The molecule has 0 bridgehead atoms. The maximum atomic E-state index is 12.2. The minimum atomic E-state index is -3.58. The highest BCUT2D eigenvalue weighted by molar-refractivity contribution is 7.89. The lowest BCUT2D eigenvalue weighted by Gasteiger charge is -2.09. The van der Waals surface area contributed by atoms with Crippen molar-refractivity contribution in [3.8, 4) is 0 Å². The lowest BCUT2D eigenvalue weighted by atomic mass is 10.1. The number of hydrogen-bond donors (Lipinski definition) is 3. The first kappa shape index (κ1) is 13.5. The SMILES string of the molecule is N=C(N)CCNS(=O)(=O)c1cccc2ccccc12. The first-order chi connectivity index (χ1) is 9.00. The van der Waals surface area contributed by atoms with E-state index in [0.717, 1.165) is 5.39 Å². The summed E-state index contributed by atoms with van der Waals surface area (Å²) in [6, 6.07) is 12.4. The van der Waals surface area contributed by atoms with Crippen molar-refractivity contribution in [1.82, 2.24) is 4.72 Å². The molecule has 2 rings (SSSR count). The van der Waals surface area contributed by atoms with Crippen LogP contribution in [0.25, 0.3) is 10.8 Å².